The number of ether oxygens (including phenoxy) is 1. The second kappa shape index (κ2) is 6.41. The summed E-state index contributed by atoms with van der Waals surface area (Å²) in [6.07, 6.45) is 3.18. The highest BCUT2D eigenvalue weighted by Gasteiger charge is 2.50. The summed E-state index contributed by atoms with van der Waals surface area (Å²) in [5.74, 6) is 0.874. The molecule has 0 aromatic heterocycles. The minimum absolute atomic E-state index is 0.0776. The van der Waals surface area contributed by atoms with Gasteiger partial charge >= 0.3 is 0 Å². The van der Waals surface area contributed by atoms with Gasteiger partial charge in [0.15, 0.2) is 0 Å². The summed E-state index contributed by atoms with van der Waals surface area (Å²) in [6.45, 7) is 1.16. The molecular formula is C15H20N2O3. The molecule has 0 heterocycles. The molecule has 0 unspecified atom stereocenters. The van der Waals surface area contributed by atoms with E-state index in [0.29, 0.717) is 19.5 Å². The Bertz CT molecular complexity index is 467. The third-order valence-electron chi connectivity index (χ3n) is 3.69. The van der Waals surface area contributed by atoms with E-state index in [4.69, 9.17) is 4.74 Å². The lowest BCUT2D eigenvalue weighted by molar-refractivity contribution is -0.123. The summed E-state index contributed by atoms with van der Waals surface area (Å²) in [5.41, 5.74) is 0.687. The number of benzene rings is 1. The SMILES string of the molecule is COc1ccc(C2(C(=O)NCCCNC=O)CC2)cc1. The molecule has 0 bridgehead atoms. The summed E-state index contributed by atoms with van der Waals surface area (Å²) >= 11 is 0. The number of hydrogen-bond acceptors (Lipinski definition) is 3. The molecule has 0 radical (unpaired) electrons. The summed E-state index contributed by atoms with van der Waals surface area (Å²) in [4.78, 5) is 22.4. The van der Waals surface area contributed by atoms with Gasteiger partial charge in [-0.1, -0.05) is 12.1 Å². The van der Waals surface area contributed by atoms with Gasteiger partial charge in [-0.05, 0) is 37.0 Å². The van der Waals surface area contributed by atoms with Crippen molar-refractivity contribution in [1.29, 1.82) is 0 Å². The molecule has 2 amide bonds. The van der Waals surface area contributed by atoms with Crippen LogP contribution in [-0.4, -0.2) is 32.5 Å². The van der Waals surface area contributed by atoms with Gasteiger partial charge in [-0.15, -0.1) is 0 Å². The van der Waals surface area contributed by atoms with Crippen molar-refractivity contribution in [1.82, 2.24) is 10.6 Å². The van der Waals surface area contributed by atoms with Gasteiger partial charge in [0.25, 0.3) is 0 Å². The van der Waals surface area contributed by atoms with Crippen LogP contribution in [0.4, 0.5) is 0 Å². The molecule has 1 saturated carbocycles. The molecule has 0 atom stereocenters. The van der Waals surface area contributed by atoms with E-state index in [2.05, 4.69) is 10.6 Å². The van der Waals surface area contributed by atoms with Crippen molar-refractivity contribution >= 4 is 12.3 Å². The fraction of sp³-hybridized carbons (Fsp3) is 0.467. The van der Waals surface area contributed by atoms with Crippen molar-refractivity contribution in [3.63, 3.8) is 0 Å². The summed E-state index contributed by atoms with van der Waals surface area (Å²) in [5, 5.41) is 5.52. The minimum Gasteiger partial charge on any atom is -0.497 e. The molecular weight excluding hydrogens is 256 g/mol. The van der Waals surface area contributed by atoms with E-state index in [1.54, 1.807) is 7.11 Å². The maximum atomic E-state index is 12.3. The Labute approximate surface area is 118 Å². The molecule has 5 heteroatoms. The van der Waals surface area contributed by atoms with Crippen LogP contribution in [0, 0.1) is 0 Å². The quantitative estimate of drug-likeness (QED) is 0.549. The van der Waals surface area contributed by atoms with Crippen molar-refractivity contribution in [2.75, 3.05) is 20.2 Å². The van der Waals surface area contributed by atoms with Crippen molar-refractivity contribution in [3.8, 4) is 5.75 Å². The smallest absolute Gasteiger partial charge is 0.230 e. The molecule has 0 saturated heterocycles. The maximum absolute atomic E-state index is 12.3. The lowest BCUT2D eigenvalue weighted by Crippen LogP contribution is -2.36. The largest absolute Gasteiger partial charge is 0.497 e. The summed E-state index contributed by atoms with van der Waals surface area (Å²) < 4.78 is 5.13. The number of carbonyl (C=O) groups excluding carboxylic acids is 2. The minimum atomic E-state index is -0.357. The van der Waals surface area contributed by atoms with Gasteiger partial charge in [0.2, 0.25) is 12.3 Å². The predicted molar refractivity (Wildman–Crippen MR) is 75.6 cm³/mol. The normalized spacial score (nSPS) is 15.2. The second-order valence-corrected chi connectivity index (χ2v) is 4.99. The Kier molecular flexibility index (Phi) is 4.61. The number of carbonyl (C=O) groups is 2. The first kappa shape index (κ1) is 14.4. The zero-order valence-electron chi connectivity index (χ0n) is 11.6. The fourth-order valence-electron chi connectivity index (χ4n) is 2.30. The average molecular weight is 276 g/mol. The van der Waals surface area contributed by atoms with Crippen LogP contribution in [0.1, 0.15) is 24.8 Å². The van der Waals surface area contributed by atoms with E-state index < -0.39 is 0 Å². The van der Waals surface area contributed by atoms with E-state index in [0.717, 1.165) is 30.6 Å². The molecule has 5 nitrogen and oxygen atoms in total. The van der Waals surface area contributed by atoms with E-state index in [9.17, 15) is 9.59 Å². The number of methoxy groups -OCH3 is 1. The summed E-state index contributed by atoms with van der Waals surface area (Å²) in [7, 11) is 1.63. The lowest BCUT2D eigenvalue weighted by atomic mass is 9.95. The topological polar surface area (TPSA) is 67.4 Å². The first-order valence-electron chi connectivity index (χ1n) is 6.83. The zero-order chi connectivity index (χ0) is 14.4. The lowest BCUT2D eigenvalue weighted by Gasteiger charge is -2.16. The highest BCUT2D eigenvalue weighted by atomic mass is 16.5. The Morgan fingerprint density at radius 3 is 2.55 bits per heavy atom. The van der Waals surface area contributed by atoms with Gasteiger partial charge in [-0.3, -0.25) is 9.59 Å². The third kappa shape index (κ3) is 3.10. The third-order valence-corrected chi connectivity index (χ3v) is 3.69. The van der Waals surface area contributed by atoms with Crippen LogP contribution in [0.5, 0.6) is 5.75 Å². The molecule has 1 aliphatic rings. The van der Waals surface area contributed by atoms with Crippen LogP contribution in [0.2, 0.25) is 0 Å². The van der Waals surface area contributed by atoms with Gasteiger partial charge in [-0.2, -0.15) is 0 Å². The first-order valence-corrected chi connectivity index (χ1v) is 6.83. The molecule has 20 heavy (non-hydrogen) atoms. The molecule has 0 spiro atoms. The Morgan fingerprint density at radius 2 is 2.00 bits per heavy atom. The van der Waals surface area contributed by atoms with Crippen molar-refractivity contribution in [2.24, 2.45) is 0 Å². The zero-order valence-corrected chi connectivity index (χ0v) is 11.6. The first-order chi connectivity index (χ1) is 9.73. The van der Waals surface area contributed by atoms with Crippen LogP contribution >= 0.6 is 0 Å². The monoisotopic (exact) mass is 276 g/mol. The molecule has 1 fully saturated rings. The van der Waals surface area contributed by atoms with Crippen LogP contribution in [0.15, 0.2) is 24.3 Å². The number of hydrogen-bond donors (Lipinski definition) is 2. The maximum Gasteiger partial charge on any atom is 0.230 e. The molecule has 1 aromatic carbocycles. The average Bonchev–Trinajstić information content (AvgIpc) is 3.29. The molecule has 0 aliphatic heterocycles. The highest BCUT2D eigenvalue weighted by molar-refractivity contribution is 5.91. The van der Waals surface area contributed by atoms with Crippen LogP contribution < -0.4 is 15.4 Å². The van der Waals surface area contributed by atoms with E-state index in [1.807, 2.05) is 24.3 Å². The number of amides is 2. The number of nitrogens with one attached hydrogen (secondary N) is 2. The molecule has 1 aliphatic carbocycles. The summed E-state index contributed by atoms with van der Waals surface area (Å²) in [6, 6.07) is 7.69. The van der Waals surface area contributed by atoms with Gasteiger partial charge < -0.3 is 15.4 Å². The van der Waals surface area contributed by atoms with Gasteiger partial charge in [0, 0.05) is 13.1 Å². The Balaban J connectivity index is 1.89. The second-order valence-electron chi connectivity index (χ2n) is 4.99. The van der Waals surface area contributed by atoms with E-state index >= 15 is 0 Å². The van der Waals surface area contributed by atoms with E-state index in [-0.39, 0.29) is 11.3 Å². The Morgan fingerprint density at radius 1 is 1.30 bits per heavy atom. The van der Waals surface area contributed by atoms with Gasteiger partial charge in [0.1, 0.15) is 5.75 Å². The van der Waals surface area contributed by atoms with Crippen molar-refractivity contribution < 1.29 is 14.3 Å². The van der Waals surface area contributed by atoms with Crippen molar-refractivity contribution in [3.05, 3.63) is 29.8 Å². The molecule has 108 valence electrons. The highest BCUT2D eigenvalue weighted by Crippen LogP contribution is 2.48. The van der Waals surface area contributed by atoms with Gasteiger partial charge in [0.05, 0.1) is 12.5 Å². The van der Waals surface area contributed by atoms with E-state index in [1.165, 1.54) is 0 Å². The fourth-order valence-corrected chi connectivity index (χ4v) is 2.30. The molecule has 1 aromatic rings. The standard InChI is InChI=1S/C15H20N2O3/c1-20-13-5-3-12(4-6-13)15(7-8-15)14(19)17-10-2-9-16-11-18/h3-6,11H,2,7-10H2,1H3,(H,16,18)(H,17,19). The van der Waals surface area contributed by atoms with Crippen LogP contribution in [0.3, 0.4) is 0 Å². The van der Waals surface area contributed by atoms with Crippen molar-refractivity contribution in [2.45, 2.75) is 24.7 Å². The molecule has 2 N–H and O–H groups in total. The van der Waals surface area contributed by atoms with Gasteiger partial charge in [-0.25, -0.2) is 0 Å². The number of rotatable bonds is 8. The molecule has 2 rings (SSSR count). The van der Waals surface area contributed by atoms with Crippen LogP contribution in [0.25, 0.3) is 0 Å². The Hall–Kier alpha value is -2.04. The van der Waals surface area contributed by atoms with Crippen LogP contribution in [-0.2, 0) is 15.0 Å². The predicted octanol–water partition coefficient (Wildman–Crippen LogP) is 0.979.